The van der Waals surface area contributed by atoms with Crippen molar-refractivity contribution < 1.29 is 18.3 Å². The van der Waals surface area contributed by atoms with Crippen molar-refractivity contribution in [2.24, 2.45) is 16.8 Å². The first-order chi connectivity index (χ1) is 14.5. The molecule has 0 radical (unpaired) electrons. The van der Waals surface area contributed by atoms with Crippen LogP contribution in [0.15, 0.2) is 53.6 Å². The van der Waals surface area contributed by atoms with Crippen LogP contribution in [0.2, 0.25) is 0 Å². The van der Waals surface area contributed by atoms with Gasteiger partial charge >= 0.3 is 0 Å². The van der Waals surface area contributed by atoms with E-state index in [2.05, 4.69) is 5.10 Å². The van der Waals surface area contributed by atoms with Gasteiger partial charge in [-0.25, -0.2) is 8.78 Å². The van der Waals surface area contributed by atoms with E-state index in [1.54, 1.807) is 0 Å². The number of amides is 1. The predicted molar refractivity (Wildman–Crippen MR) is 111 cm³/mol. The summed E-state index contributed by atoms with van der Waals surface area (Å²) in [7, 11) is 0. The van der Waals surface area contributed by atoms with Gasteiger partial charge < -0.3 is 10.5 Å². The number of carbonyl (C=O) groups excluding carboxylic acids is 1. The molecular weight excluding hydrogens is 388 g/mol. The quantitative estimate of drug-likeness (QED) is 0.690. The number of halogens is 2. The highest BCUT2D eigenvalue weighted by atomic mass is 19.1. The molecule has 3 rings (SSSR count). The van der Waals surface area contributed by atoms with Crippen LogP contribution in [0.3, 0.4) is 0 Å². The van der Waals surface area contributed by atoms with E-state index in [4.69, 9.17) is 10.5 Å². The van der Waals surface area contributed by atoms with Gasteiger partial charge in [0.05, 0.1) is 5.56 Å². The van der Waals surface area contributed by atoms with Gasteiger partial charge in [0.15, 0.2) is 0 Å². The molecule has 1 atom stereocenters. The van der Waals surface area contributed by atoms with Crippen molar-refractivity contribution in [3.8, 4) is 0 Å². The molecule has 1 amide bonds. The highest BCUT2D eigenvalue weighted by Crippen LogP contribution is 2.42. The number of hydrogen-bond acceptors (Lipinski definition) is 4. The molecule has 0 saturated heterocycles. The van der Waals surface area contributed by atoms with Gasteiger partial charge in [-0.1, -0.05) is 44.2 Å². The van der Waals surface area contributed by atoms with Gasteiger partial charge in [0, 0.05) is 17.9 Å². The predicted octanol–water partition coefficient (Wildman–Crippen LogP) is 4.51. The number of nitrogens with zero attached hydrogens (tertiary/aromatic N) is 2. The zero-order valence-electron chi connectivity index (χ0n) is 17.3. The summed E-state index contributed by atoms with van der Waals surface area (Å²) in [5.41, 5.74) is 5.07. The largest absolute Gasteiger partial charge is 0.443 e. The molecule has 2 aromatic rings. The zero-order valence-corrected chi connectivity index (χ0v) is 17.3. The monoisotopic (exact) mass is 415 g/mol. The van der Waals surface area contributed by atoms with Crippen LogP contribution in [0.1, 0.15) is 50.7 Å². The molecule has 2 aromatic carbocycles. The SMILES string of the molecule is CCC(CC)C(=O)N1N=C(c2cc(F)ccc2F)OC1(CCCN)c1ccccc1. The van der Waals surface area contributed by atoms with Crippen LogP contribution in [-0.4, -0.2) is 23.4 Å². The molecule has 0 aromatic heterocycles. The van der Waals surface area contributed by atoms with E-state index < -0.39 is 17.4 Å². The Kier molecular flexibility index (Phi) is 6.82. The molecule has 30 heavy (non-hydrogen) atoms. The number of hydrogen-bond donors (Lipinski definition) is 1. The second-order valence-electron chi connectivity index (χ2n) is 7.34. The van der Waals surface area contributed by atoms with Crippen molar-refractivity contribution in [1.82, 2.24) is 5.01 Å². The normalized spacial score (nSPS) is 18.5. The molecule has 160 valence electrons. The Hall–Kier alpha value is -2.80. The Morgan fingerprint density at radius 2 is 1.87 bits per heavy atom. The number of nitrogens with two attached hydrogens (primary N) is 1. The van der Waals surface area contributed by atoms with Crippen molar-refractivity contribution >= 4 is 11.8 Å². The number of rotatable bonds is 8. The van der Waals surface area contributed by atoms with E-state index in [1.807, 2.05) is 44.2 Å². The van der Waals surface area contributed by atoms with Gasteiger partial charge in [-0.05, 0) is 44.0 Å². The van der Waals surface area contributed by atoms with Crippen LogP contribution in [-0.2, 0) is 15.3 Å². The number of ether oxygens (including phenoxy) is 1. The topological polar surface area (TPSA) is 67.9 Å². The minimum atomic E-state index is -1.27. The third kappa shape index (κ3) is 4.07. The Morgan fingerprint density at radius 3 is 2.50 bits per heavy atom. The maximum Gasteiger partial charge on any atom is 0.249 e. The summed E-state index contributed by atoms with van der Waals surface area (Å²) in [6.45, 7) is 4.25. The molecule has 0 bridgehead atoms. The van der Waals surface area contributed by atoms with Crippen molar-refractivity contribution in [2.75, 3.05) is 6.54 Å². The first kappa shape index (κ1) is 21.9. The summed E-state index contributed by atoms with van der Waals surface area (Å²) in [6.07, 6.45) is 2.18. The summed E-state index contributed by atoms with van der Waals surface area (Å²) in [5, 5.41) is 5.71. The summed E-state index contributed by atoms with van der Waals surface area (Å²) < 4.78 is 34.6. The third-order valence-corrected chi connectivity index (χ3v) is 5.45. The smallest absolute Gasteiger partial charge is 0.249 e. The van der Waals surface area contributed by atoms with E-state index in [1.165, 1.54) is 5.01 Å². The minimum Gasteiger partial charge on any atom is -0.443 e. The molecule has 2 N–H and O–H groups in total. The van der Waals surface area contributed by atoms with Gasteiger partial charge in [0.1, 0.15) is 11.6 Å². The molecule has 5 nitrogen and oxygen atoms in total. The lowest BCUT2D eigenvalue weighted by Gasteiger charge is -2.36. The van der Waals surface area contributed by atoms with E-state index >= 15 is 0 Å². The second kappa shape index (κ2) is 9.34. The van der Waals surface area contributed by atoms with Crippen molar-refractivity contribution in [3.05, 3.63) is 71.3 Å². The molecule has 1 unspecified atom stereocenters. The van der Waals surface area contributed by atoms with Crippen molar-refractivity contribution in [3.63, 3.8) is 0 Å². The number of benzene rings is 2. The van der Waals surface area contributed by atoms with Crippen LogP contribution in [0.25, 0.3) is 0 Å². The Bertz CT molecular complexity index is 916. The standard InChI is InChI=1S/C23H27F2N3O2/c1-3-16(4-2)22(29)28-23(13-8-14-26,17-9-6-5-7-10-17)30-21(27-28)19-15-18(24)11-12-20(19)25/h5-7,9-12,15-16H,3-4,8,13-14,26H2,1-2H3. The van der Waals surface area contributed by atoms with Crippen LogP contribution in [0.4, 0.5) is 8.78 Å². The lowest BCUT2D eigenvalue weighted by Crippen LogP contribution is -2.47. The molecule has 0 fully saturated rings. The molecule has 0 spiro atoms. The maximum atomic E-state index is 14.5. The zero-order chi connectivity index (χ0) is 21.7. The molecule has 1 aliphatic heterocycles. The fourth-order valence-corrected chi connectivity index (χ4v) is 3.73. The highest BCUT2D eigenvalue weighted by molar-refractivity contribution is 5.97. The fraction of sp³-hybridized carbons (Fsp3) is 0.391. The van der Waals surface area contributed by atoms with Crippen molar-refractivity contribution in [2.45, 2.75) is 45.3 Å². The number of hydrazone groups is 1. The summed E-state index contributed by atoms with van der Waals surface area (Å²) in [4.78, 5) is 13.4. The Labute approximate surface area is 175 Å². The molecule has 0 aliphatic carbocycles. The van der Waals surface area contributed by atoms with Crippen LogP contribution < -0.4 is 5.73 Å². The van der Waals surface area contributed by atoms with E-state index in [-0.39, 0.29) is 23.3 Å². The minimum absolute atomic E-state index is 0.118. The summed E-state index contributed by atoms with van der Waals surface area (Å²) in [5.74, 6) is -1.89. The lowest BCUT2D eigenvalue weighted by atomic mass is 9.94. The molecule has 1 heterocycles. The first-order valence-corrected chi connectivity index (χ1v) is 10.3. The third-order valence-electron chi connectivity index (χ3n) is 5.45. The van der Waals surface area contributed by atoms with Crippen molar-refractivity contribution in [1.29, 1.82) is 0 Å². The summed E-state index contributed by atoms with van der Waals surface area (Å²) >= 11 is 0. The first-order valence-electron chi connectivity index (χ1n) is 10.3. The summed E-state index contributed by atoms with van der Waals surface area (Å²) in [6, 6.07) is 12.3. The average Bonchev–Trinajstić information content (AvgIpc) is 3.16. The number of carbonyl (C=O) groups is 1. The van der Waals surface area contributed by atoms with E-state index in [0.717, 1.165) is 18.2 Å². The van der Waals surface area contributed by atoms with Gasteiger partial charge in [-0.2, -0.15) is 5.01 Å². The highest BCUT2D eigenvalue weighted by Gasteiger charge is 2.50. The average molecular weight is 415 g/mol. The Morgan fingerprint density at radius 1 is 1.17 bits per heavy atom. The van der Waals surface area contributed by atoms with Gasteiger partial charge in [-0.15, -0.1) is 5.10 Å². The Balaban J connectivity index is 2.16. The van der Waals surface area contributed by atoms with Crippen LogP contribution >= 0.6 is 0 Å². The van der Waals surface area contributed by atoms with Crippen LogP contribution in [0.5, 0.6) is 0 Å². The van der Waals surface area contributed by atoms with Gasteiger partial charge in [0.25, 0.3) is 0 Å². The molecule has 0 saturated carbocycles. The van der Waals surface area contributed by atoms with Gasteiger partial charge in [-0.3, -0.25) is 4.79 Å². The van der Waals surface area contributed by atoms with E-state index in [9.17, 15) is 13.6 Å². The second-order valence-corrected chi connectivity index (χ2v) is 7.34. The van der Waals surface area contributed by atoms with Gasteiger partial charge in [0.2, 0.25) is 17.5 Å². The van der Waals surface area contributed by atoms with Crippen LogP contribution in [0, 0.1) is 17.6 Å². The fourth-order valence-electron chi connectivity index (χ4n) is 3.73. The molecule has 1 aliphatic rings. The lowest BCUT2D eigenvalue weighted by molar-refractivity contribution is -0.157. The maximum absolute atomic E-state index is 14.5. The van der Waals surface area contributed by atoms with E-state index in [0.29, 0.717) is 37.8 Å². The molecular formula is C23H27F2N3O2. The molecule has 7 heteroatoms.